The van der Waals surface area contributed by atoms with Crippen molar-refractivity contribution in [3.8, 4) is 0 Å². The highest BCUT2D eigenvalue weighted by Crippen LogP contribution is 2.08. The van der Waals surface area contributed by atoms with Crippen molar-refractivity contribution < 1.29 is 9.59 Å². The lowest BCUT2D eigenvalue weighted by atomic mass is 10.1. The third-order valence-corrected chi connectivity index (χ3v) is 2.53. The van der Waals surface area contributed by atoms with E-state index in [2.05, 4.69) is 5.32 Å². The van der Waals surface area contributed by atoms with Gasteiger partial charge in [0.1, 0.15) is 0 Å². The number of amides is 2. The SMILES string of the molecule is CC(C)NC(=O)CCCCCCCCC(N)=O. The zero-order valence-corrected chi connectivity index (χ0v) is 11.1. The van der Waals surface area contributed by atoms with Crippen LogP contribution in [0.25, 0.3) is 0 Å². The van der Waals surface area contributed by atoms with Gasteiger partial charge in [0.15, 0.2) is 0 Å². The lowest BCUT2D eigenvalue weighted by Crippen LogP contribution is -2.29. The monoisotopic (exact) mass is 242 g/mol. The number of carbonyl (C=O) groups is 2. The standard InChI is InChI=1S/C13H26N2O2/c1-11(2)15-13(17)10-8-6-4-3-5-7-9-12(14)16/h11H,3-10H2,1-2H3,(H2,14,16)(H,15,17). The summed E-state index contributed by atoms with van der Waals surface area (Å²) in [6.45, 7) is 3.94. The Morgan fingerprint density at radius 3 is 1.88 bits per heavy atom. The zero-order valence-electron chi connectivity index (χ0n) is 11.1. The average Bonchev–Trinajstić information content (AvgIpc) is 2.20. The third kappa shape index (κ3) is 12.9. The van der Waals surface area contributed by atoms with E-state index in [-0.39, 0.29) is 17.9 Å². The molecule has 100 valence electrons. The first kappa shape index (κ1) is 15.9. The molecule has 0 aromatic carbocycles. The zero-order chi connectivity index (χ0) is 13.1. The van der Waals surface area contributed by atoms with Gasteiger partial charge in [-0.25, -0.2) is 0 Å². The Kier molecular flexibility index (Phi) is 9.49. The second-order valence-corrected chi connectivity index (χ2v) is 4.81. The molecule has 4 heteroatoms. The summed E-state index contributed by atoms with van der Waals surface area (Å²) in [6, 6.07) is 0.233. The number of primary amides is 1. The molecule has 0 saturated heterocycles. The lowest BCUT2D eigenvalue weighted by molar-refractivity contribution is -0.121. The van der Waals surface area contributed by atoms with Gasteiger partial charge in [0.05, 0.1) is 0 Å². The fourth-order valence-corrected chi connectivity index (χ4v) is 1.69. The van der Waals surface area contributed by atoms with Gasteiger partial charge in [0, 0.05) is 18.9 Å². The molecule has 0 fully saturated rings. The van der Waals surface area contributed by atoms with Crippen molar-refractivity contribution in [3.05, 3.63) is 0 Å². The van der Waals surface area contributed by atoms with Crippen LogP contribution in [0.5, 0.6) is 0 Å². The van der Waals surface area contributed by atoms with Crippen molar-refractivity contribution in [1.29, 1.82) is 0 Å². The van der Waals surface area contributed by atoms with Gasteiger partial charge in [-0.1, -0.05) is 25.7 Å². The summed E-state index contributed by atoms with van der Waals surface area (Å²) in [6.07, 6.45) is 7.36. The van der Waals surface area contributed by atoms with Gasteiger partial charge in [-0.3, -0.25) is 9.59 Å². The number of nitrogens with one attached hydrogen (secondary N) is 1. The van der Waals surface area contributed by atoms with E-state index in [9.17, 15) is 9.59 Å². The maximum atomic E-state index is 11.3. The molecule has 0 aliphatic carbocycles. The first-order valence-corrected chi connectivity index (χ1v) is 6.60. The molecule has 0 rings (SSSR count). The van der Waals surface area contributed by atoms with Crippen LogP contribution >= 0.6 is 0 Å². The van der Waals surface area contributed by atoms with E-state index in [1.165, 1.54) is 0 Å². The maximum absolute atomic E-state index is 11.3. The fourth-order valence-electron chi connectivity index (χ4n) is 1.69. The van der Waals surface area contributed by atoms with Crippen LogP contribution in [0.15, 0.2) is 0 Å². The predicted molar refractivity (Wildman–Crippen MR) is 69.4 cm³/mol. The molecule has 0 saturated carbocycles. The highest BCUT2D eigenvalue weighted by atomic mass is 16.1. The molecule has 4 nitrogen and oxygen atoms in total. The molecular weight excluding hydrogens is 216 g/mol. The fraction of sp³-hybridized carbons (Fsp3) is 0.846. The summed E-state index contributed by atoms with van der Waals surface area (Å²) in [7, 11) is 0. The summed E-state index contributed by atoms with van der Waals surface area (Å²) in [4.78, 5) is 21.8. The minimum absolute atomic E-state index is 0.147. The number of nitrogens with two attached hydrogens (primary N) is 1. The Morgan fingerprint density at radius 1 is 0.941 bits per heavy atom. The normalized spacial score (nSPS) is 10.5. The molecule has 0 bridgehead atoms. The van der Waals surface area contributed by atoms with Gasteiger partial charge < -0.3 is 11.1 Å². The molecule has 2 amide bonds. The number of hydrogen-bond acceptors (Lipinski definition) is 2. The largest absolute Gasteiger partial charge is 0.370 e. The highest BCUT2D eigenvalue weighted by molar-refractivity contribution is 5.76. The van der Waals surface area contributed by atoms with E-state index < -0.39 is 0 Å². The Hall–Kier alpha value is -1.06. The summed E-state index contributed by atoms with van der Waals surface area (Å²) in [5, 5.41) is 2.88. The Balaban J connectivity index is 3.18. The van der Waals surface area contributed by atoms with E-state index in [4.69, 9.17) is 5.73 Å². The molecule has 3 N–H and O–H groups in total. The molecule has 0 radical (unpaired) electrons. The Bertz CT molecular complexity index is 227. The first-order valence-electron chi connectivity index (χ1n) is 6.60. The molecule has 0 atom stereocenters. The van der Waals surface area contributed by atoms with Gasteiger partial charge in [0.2, 0.25) is 11.8 Å². The van der Waals surface area contributed by atoms with E-state index in [0.29, 0.717) is 12.8 Å². The topological polar surface area (TPSA) is 72.2 Å². The molecular formula is C13H26N2O2. The molecule has 0 unspecified atom stereocenters. The molecule has 0 heterocycles. The van der Waals surface area contributed by atoms with Crippen molar-refractivity contribution >= 4 is 11.8 Å². The van der Waals surface area contributed by atoms with E-state index in [0.717, 1.165) is 38.5 Å². The van der Waals surface area contributed by atoms with Crippen molar-refractivity contribution in [2.45, 2.75) is 71.3 Å². The van der Waals surface area contributed by atoms with E-state index >= 15 is 0 Å². The minimum atomic E-state index is -0.213. The Labute approximate surface area is 104 Å². The highest BCUT2D eigenvalue weighted by Gasteiger charge is 2.02. The van der Waals surface area contributed by atoms with Gasteiger partial charge in [-0.05, 0) is 26.7 Å². The van der Waals surface area contributed by atoms with Crippen molar-refractivity contribution in [1.82, 2.24) is 5.32 Å². The second-order valence-electron chi connectivity index (χ2n) is 4.81. The third-order valence-electron chi connectivity index (χ3n) is 2.53. The second kappa shape index (κ2) is 10.1. The molecule has 17 heavy (non-hydrogen) atoms. The molecule has 0 spiro atoms. The van der Waals surface area contributed by atoms with Crippen molar-refractivity contribution in [2.75, 3.05) is 0 Å². The first-order chi connectivity index (χ1) is 8.02. The number of hydrogen-bond donors (Lipinski definition) is 2. The van der Waals surface area contributed by atoms with Crippen LogP contribution in [-0.4, -0.2) is 17.9 Å². The van der Waals surface area contributed by atoms with Crippen LogP contribution in [-0.2, 0) is 9.59 Å². The molecule has 0 aromatic heterocycles. The van der Waals surface area contributed by atoms with Gasteiger partial charge in [-0.2, -0.15) is 0 Å². The maximum Gasteiger partial charge on any atom is 0.220 e. The minimum Gasteiger partial charge on any atom is -0.370 e. The van der Waals surface area contributed by atoms with Crippen LogP contribution in [0.3, 0.4) is 0 Å². The quantitative estimate of drug-likeness (QED) is 0.576. The van der Waals surface area contributed by atoms with Gasteiger partial charge >= 0.3 is 0 Å². The van der Waals surface area contributed by atoms with Crippen LogP contribution in [0.4, 0.5) is 0 Å². The average molecular weight is 242 g/mol. The molecule has 0 aromatic rings. The van der Waals surface area contributed by atoms with Crippen molar-refractivity contribution in [3.63, 3.8) is 0 Å². The number of unbranched alkanes of at least 4 members (excludes halogenated alkanes) is 5. The van der Waals surface area contributed by atoms with Gasteiger partial charge in [0.25, 0.3) is 0 Å². The summed E-state index contributed by atoms with van der Waals surface area (Å²) in [5.41, 5.74) is 5.04. The lowest BCUT2D eigenvalue weighted by Gasteiger charge is -2.07. The van der Waals surface area contributed by atoms with Crippen LogP contribution in [0, 0.1) is 0 Å². The summed E-state index contributed by atoms with van der Waals surface area (Å²) in [5.74, 6) is -0.0657. The summed E-state index contributed by atoms with van der Waals surface area (Å²) >= 11 is 0. The molecule has 0 aliphatic rings. The van der Waals surface area contributed by atoms with Crippen LogP contribution in [0.1, 0.15) is 65.2 Å². The van der Waals surface area contributed by atoms with E-state index in [1.807, 2.05) is 13.8 Å². The summed E-state index contributed by atoms with van der Waals surface area (Å²) < 4.78 is 0. The van der Waals surface area contributed by atoms with Crippen LogP contribution in [0.2, 0.25) is 0 Å². The smallest absolute Gasteiger partial charge is 0.220 e. The number of carbonyl (C=O) groups excluding carboxylic acids is 2. The van der Waals surface area contributed by atoms with Crippen molar-refractivity contribution in [2.24, 2.45) is 5.73 Å². The number of rotatable bonds is 10. The van der Waals surface area contributed by atoms with E-state index in [1.54, 1.807) is 0 Å². The van der Waals surface area contributed by atoms with Crippen LogP contribution < -0.4 is 11.1 Å². The Morgan fingerprint density at radius 2 is 1.41 bits per heavy atom. The van der Waals surface area contributed by atoms with Gasteiger partial charge in [-0.15, -0.1) is 0 Å². The predicted octanol–water partition coefficient (Wildman–Crippen LogP) is 2.12. The molecule has 0 aliphatic heterocycles.